The van der Waals surface area contributed by atoms with Gasteiger partial charge in [0, 0.05) is 29.7 Å². The van der Waals surface area contributed by atoms with E-state index < -0.39 is 6.23 Å². The van der Waals surface area contributed by atoms with Crippen molar-refractivity contribution in [2.75, 3.05) is 18.4 Å². The number of anilines is 1. The minimum Gasteiger partial charge on any atom is -0.374 e. The number of aromatic nitrogens is 1. The number of nitroso groups, excluding NO2 is 1. The minimum atomic E-state index is -0.423. The molecular formula is C24H28N4O2. The average Bonchev–Trinajstić information content (AvgIpc) is 3.56. The first kappa shape index (κ1) is 19.3. The van der Waals surface area contributed by atoms with E-state index in [2.05, 4.69) is 44.6 Å². The van der Waals surface area contributed by atoms with Crippen LogP contribution in [-0.2, 0) is 6.54 Å². The number of hydrogen-bond donors (Lipinski definition) is 3. The van der Waals surface area contributed by atoms with E-state index in [0.29, 0.717) is 17.5 Å². The molecular weight excluding hydrogens is 376 g/mol. The Morgan fingerprint density at radius 2 is 1.93 bits per heavy atom. The molecule has 2 aliphatic rings. The van der Waals surface area contributed by atoms with Gasteiger partial charge in [-0.1, -0.05) is 24.3 Å². The molecule has 1 aromatic heterocycles. The van der Waals surface area contributed by atoms with E-state index in [0.717, 1.165) is 61.9 Å². The molecule has 0 radical (unpaired) electrons. The lowest BCUT2D eigenvalue weighted by atomic mass is 9.89. The lowest BCUT2D eigenvalue weighted by Gasteiger charge is -2.32. The number of H-pyrrole nitrogens is 1. The van der Waals surface area contributed by atoms with E-state index in [4.69, 9.17) is 0 Å². The number of rotatable bonds is 7. The molecule has 2 heterocycles. The number of hydrogen-bond acceptors (Lipinski definition) is 5. The van der Waals surface area contributed by atoms with Gasteiger partial charge >= 0.3 is 0 Å². The lowest BCUT2D eigenvalue weighted by Crippen LogP contribution is -2.32. The molecule has 5 rings (SSSR count). The van der Waals surface area contributed by atoms with Crippen LogP contribution in [-0.4, -0.2) is 34.3 Å². The molecule has 6 nitrogen and oxygen atoms in total. The summed E-state index contributed by atoms with van der Waals surface area (Å²) in [4.78, 5) is 16.7. The van der Waals surface area contributed by atoms with Crippen molar-refractivity contribution in [3.63, 3.8) is 0 Å². The summed E-state index contributed by atoms with van der Waals surface area (Å²) in [7, 11) is 0. The standard InChI is InChI=1S/C24H28N4O2/c29-24(17-7-8-17)26-20-4-1-3-18(13-20)16-9-11-28(12-10-16)15-19-14-25-23-21(19)5-2-6-22(23)27-30/h1-6,13-14,16-17,24-26,29H,7-12,15H2. The number of fused-ring (bicyclic) bond motifs is 1. The highest BCUT2D eigenvalue weighted by Crippen LogP contribution is 2.35. The molecule has 0 amide bonds. The molecule has 1 saturated carbocycles. The van der Waals surface area contributed by atoms with Crippen LogP contribution in [0.5, 0.6) is 0 Å². The first-order chi connectivity index (χ1) is 14.7. The number of aliphatic hydroxyl groups is 1. The number of aliphatic hydroxyl groups excluding tert-OH is 1. The average molecular weight is 405 g/mol. The molecule has 2 aromatic carbocycles. The molecule has 3 N–H and O–H groups in total. The van der Waals surface area contributed by atoms with Crippen LogP contribution < -0.4 is 5.32 Å². The predicted octanol–water partition coefficient (Wildman–Crippen LogP) is 5.09. The van der Waals surface area contributed by atoms with Gasteiger partial charge < -0.3 is 15.4 Å². The third-order valence-electron chi connectivity index (χ3n) is 6.60. The molecule has 1 unspecified atom stereocenters. The maximum Gasteiger partial charge on any atom is 0.132 e. The largest absolute Gasteiger partial charge is 0.374 e. The number of aromatic amines is 1. The molecule has 1 atom stereocenters. The summed E-state index contributed by atoms with van der Waals surface area (Å²) in [6.45, 7) is 2.97. The normalized spacial score (nSPS) is 19.1. The van der Waals surface area contributed by atoms with Gasteiger partial charge in [-0.3, -0.25) is 4.90 Å². The second-order valence-corrected chi connectivity index (χ2v) is 8.71. The van der Waals surface area contributed by atoms with E-state index in [-0.39, 0.29) is 0 Å². The number of nitrogens with zero attached hydrogens (tertiary/aromatic N) is 2. The summed E-state index contributed by atoms with van der Waals surface area (Å²) in [5.74, 6) is 0.967. The third kappa shape index (κ3) is 3.98. The Morgan fingerprint density at radius 1 is 1.13 bits per heavy atom. The Hall–Kier alpha value is -2.70. The second kappa shape index (κ2) is 8.20. The van der Waals surface area contributed by atoms with Crippen LogP contribution in [0.1, 0.15) is 42.7 Å². The highest BCUT2D eigenvalue weighted by molar-refractivity contribution is 5.92. The maximum absolute atomic E-state index is 11.0. The smallest absolute Gasteiger partial charge is 0.132 e. The summed E-state index contributed by atoms with van der Waals surface area (Å²) in [5.41, 5.74) is 4.89. The number of piperidine rings is 1. The highest BCUT2D eigenvalue weighted by Gasteiger charge is 2.29. The van der Waals surface area contributed by atoms with Crippen molar-refractivity contribution in [2.24, 2.45) is 11.1 Å². The molecule has 0 bridgehead atoms. The molecule has 2 fully saturated rings. The molecule has 6 heteroatoms. The molecule has 1 aliphatic carbocycles. The van der Waals surface area contributed by atoms with Gasteiger partial charge in [0.15, 0.2) is 0 Å². The van der Waals surface area contributed by atoms with E-state index in [1.807, 2.05) is 18.3 Å². The molecule has 1 aliphatic heterocycles. The first-order valence-corrected chi connectivity index (χ1v) is 10.9. The van der Waals surface area contributed by atoms with E-state index in [9.17, 15) is 10.0 Å². The van der Waals surface area contributed by atoms with E-state index in [1.54, 1.807) is 6.07 Å². The fraction of sp³-hybridized carbons (Fsp3) is 0.417. The fourth-order valence-electron chi connectivity index (χ4n) is 4.65. The van der Waals surface area contributed by atoms with Crippen LogP contribution in [0.15, 0.2) is 53.8 Å². The van der Waals surface area contributed by atoms with Crippen LogP contribution in [0.3, 0.4) is 0 Å². The van der Waals surface area contributed by atoms with Crippen molar-refractivity contribution in [3.8, 4) is 0 Å². The molecule has 30 heavy (non-hydrogen) atoms. The number of benzene rings is 2. The van der Waals surface area contributed by atoms with Crippen molar-refractivity contribution < 1.29 is 5.11 Å². The topological polar surface area (TPSA) is 80.7 Å². The first-order valence-electron chi connectivity index (χ1n) is 10.9. The highest BCUT2D eigenvalue weighted by atomic mass is 16.3. The van der Waals surface area contributed by atoms with Crippen molar-refractivity contribution in [2.45, 2.75) is 44.4 Å². The fourth-order valence-corrected chi connectivity index (χ4v) is 4.65. The van der Waals surface area contributed by atoms with Crippen LogP contribution in [0.4, 0.5) is 11.4 Å². The Labute approximate surface area is 176 Å². The zero-order valence-electron chi connectivity index (χ0n) is 17.1. The number of likely N-dealkylation sites (tertiary alicyclic amines) is 1. The van der Waals surface area contributed by atoms with Crippen molar-refractivity contribution in [3.05, 3.63) is 64.7 Å². The van der Waals surface area contributed by atoms with E-state index in [1.165, 1.54) is 11.1 Å². The van der Waals surface area contributed by atoms with Gasteiger partial charge in [-0.25, -0.2) is 0 Å². The maximum atomic E-state index is 11.0. The van der Waals surface area contributed by atoms with Crippen molar-refractivity contribution >= 4 is 22.3 Å². The Morgan fingerprint density at radius 3 is 2.70 bits per heavy atom. The zero-order valence-corrected chi connectivity index (χ0v) is 17.1. The number of nitrogens with one attached hydrogen (secondary N) is 2. The summed E-state index contributed by atoms with van der Waals surface area (Å²) in [6, 6.07) is 14.2. The third-order valence-corrected chi connectivity index (χ3v) is 6.60. The Kier molecular flexibility index (Phi) is 5.27. The van der Waals surface area contributed by atoms with Gasteiger partial charge in [0.25, 0.3) is 0 Å². The van der Waals surface area contributed by atoms with Gasteiger partial charge in [0.05, 0.1) is 5.52 Å². The van der Waals surface area contributed by atoms with Crippen molar-refractivity contribution in [1.29, 1.82) is 0 Å². The molecule has 0 spiro atoms. The summed E-state index contributed by atoms with van der Waals surface area (Å²) in [5, 5.41) is 17.6. The predicted molar refractivity (Wildman–Crippen MR) is 120 cm³/mol. The zero-order chi connectivity index (χ0) is 20.5. The van der Waals surface area contributed by atoms with Gasteiger partial charge in [-0.05, 0) is 79.2 Å². The van der Waals surface area contributed by atoms with Gasteiger partial charge in [-0.2, -0.15) is 0 Å². The quantitative estimate of drug-likeness (QED) is 0.379. The molecule has 156 valence electrons. The van der Waals surface area contributed by atoms with Crippen LogP contribution in [0.25, 0.3) is 10.9 Å². The van der Waals surface area contributed by atoms with Gasteiger partial charge in [0.2, 0.25) is 0 Å². The lowest BCUT2D eigenvalue weighted by molar-refractivity contribution is 0.180. The SMILES string of the molecule is O=Nc1cccc2c(CN3CCC(c4cccc(NC(O)C5CC5)c4)CC3)c[nH]c12. The van der Waals surface area contributed by atoms with Crippen molar-refractivity contribution in [1.82, 2.24) is 9.88 Å². The van der Waals surface area contributed by atoms with Crippen LogP contribution in [0, 0.1) is 10.8 Å². The second-order valence-electron chi connectivity index (χ2n) is 8.71. The number of para-hydroxylation sites is 1. The minimum absolute atomic E-state index is 0.416. The summed E-state index contributed by atoms with van der Waals surface area (Å²) >= 11 is 0. The van der Waals surface area contributed by atoms with E-state index >= 15 is 0 Å². The monoisotopic (exact) mass is 404 g/mol. The van der Waals surface area contributed by atoms with Gasteiger partial charge in [-0.15, -0.1) is 4.91 Å². The van der Waals surface area contributed by atoms with Crippen LogP contribution >= 0.6 is 0 Å². The summed E-state index contributed by atoms with van der Waals surface area (Å²) < 4.78 is 0. The Balaban J connectivity index is 1.21. The van der Waals surface area contributed by atoms with Crippen LogP contribution in [0.2, 0.25) is 0 Å². The molecule has 3 aromatic rings. The molecule has 1 saturated heterocycles. The summed E-state index contributed by atoms with van der Waals surface area (Å²) in [6.07, 6.45) is 6.07. The Bertz CT molecular complexity index is 1030. The van der Waals surface area contributed by atoms with Gasteiger partial charge in [0.1, 0.15) is 11.9 Å².